The SMILES string of the molecule is COCCNCC(COC)C(C)C. The molecule has 1 atom stereocenters. The van der Waals surface area contributed by atoms with Gasteiger partial charge in [-0.2, -0.15) is 0 Å². The Morgan fingerprint density at radius 3 is 2.31 bits per heavy atom. The van der Waals surface area contributed by atoms with Crippen molar-refractivity contribution >= 4 is 0 Å². The summed E-state index contributed by atoms with van der Waals surface area (Å²) in [5.41, 5.74) is 0. The van der Waals surface area contributed by atoms with E-state index in [0.717, 1.165) is 26.3 Å². The van der Waals surface area contributed by atoms with Crippen LogP contribution in [0.4, 0.5) is 0 Å². The highest BCUT2D eigenvalue weighted by molar-refractivity contribution is 4.65. The molecule has 0 aliphatic heterocycles. The van der Waals surface area contributed by atoms with E-state index in [4.69, 9.17) is 9.47 Å². The molecular formula is C10H23NO2. The molecule has 80 valence electrons. The van der Waals surface area contributed by atoms with E-state index in [0.29, 0.717) is 11.8 Å². The Bertz CT molecular complexity index is 107. The summed E-state index contributed by atoms with van der Waals surface area (Å²) >= 11 is 0. The van der Waals surface area contributed by atoms with Crippen LogP contribution in [0.25, 0.3) is 0 Å². The third-order valence-corrected chi connectivity index (χ3v) is 2.21. The minimum Gasteiger partial charge on any atom is -0.384 e. The molecule has 0 spiro atoms. The molecule has 0 saturated carbocycles. The number of hydrogen-bond donors (Lipinski definition) is 1. The Labute approximate surface area is 81.8 Å². The summed E-state index contributed by atoms with van der Waals surface area (Å²) < 4.78 is 10.1. The van der Waals surface area contributed by atoms with Gasteiger partial charge in [0.1, 0.15) is 0 Å². The lowest BCUT2D eigenvalue weighted by atomic mass is 9.97. The predicted molar refractivity (Wildman–Crippen MR) is 54.9 cm³/mol. The van der Waals surface area contributed by atoms with Crippen molar-refractivity contribution in [2.24, 2.45) is 11.8 Å². The molecule has 3 nitrogen and oxygen atoms in total. The molecule has 1 unspecified atom stereocenters. The fourth-order valence-corrected chi connectivity index (χ4v) is 1.16. The standard InChI is InChI=1S/C10H23NO2/c1-9(2)10(8-13-4)7-11-5-6-12-3/h9-11H,5-8H2,1-4H3. The number of hydrogen-bond acceptors (Lipinski definition) is 3. The van der Waals surface area contributed by atoms with Crippen LogP contribution in [0.2, 0.25) is 0 Å². The van der Waals surface area contributed by atoms with Gasteiger partial charge in [-0.3, -0.25) is 0 Å². The first-order valence-corrected chi connectivity index (χ1v) is 4.91. The summed E-state index contributed by atoms with van der Waals surface area (Å²) in [5, 5.41) is 3.35. The summed E-state index contributed by atoms with van der Waals surface area (Å²) in [7, 11) is 3.47. The Morgan fingerprint density at radius 2 is 1.85 bits per heavy atom. The van der Waals surface area contributed by atoms with Gasteiger partial charge in [0, 0.05) is 27.3 Å². The van der Waals surface area contributed by atoms with Gasteiger partial charge < -0.3 is 14.8 Å². The lowest BCUT2D eigenvalue weighted by molar-refractivity contribution is 0.125. The van der Waals surface area contributed by atoms with Crippen LogP contribution in [0.1, 0.15) is 13.8 Å². The summed E-state index contributed by atoms with van der Waals surface area (Å²) in [6.45, 7) is 7.98. The topological polar surface area (TPSA) is 30.5 Å². The van der Waals surface area contributed by atoms with Gasteiger partial charge in [-0.25, -0.2) is 0 Å². The average Bonchev–Trinajstić information content (AvgIpc) is 2.10. The molecule has 0 aliphatic carbocycles. The number of ether oxygens (including phenoxy) is 2. The van der Waals surface area contributed by atoms with Crippen LogP contribution in [0, 0.1) is 11.8 Å². The lowest BCUT2D eigenvalue weighted by Crippen LogP contribution is -2.31. The Morgan fingerprint density at radius 1 is 1.15 bits per heavy atom. The van der Waals surface area contributed by atoms with Crippen LogP contribution in [-0.4, -0.2) is 40.5 Å². The maximum absolute atomic E-state index is 5.15. The van der Waals surface area contributed by atoms with E-state index in [2.05, 4.69) is 19.2 Å². The first-order chi connectivity index (χ1) is 6.22. The molecule has 0 heterocycles. The molecule has 0 fully saturated rings. The van der Waals surface area contributed by atoms with E-state index in [-0.39, 0.29) is 0 Å². The second-order valence-electron chi connectivity index (χ2n) is 3.66. The number of nitrogens with one attached hydrogen (secondary N) is 1. The van der Waals surface area contributed by atoms with Crippen LogP contribution in [0.5, 0.6) is 0 Å². The zero-order chi connectivity index (χ0) is 10.1. The third-order valence-electron chi connectivity index (χ3n) is 2.21. The van der Waals surface area contributed by atoms with Gasteiger partial charge in [0.05, 0.1) is 13.2 Å². The van der Waals surface area contributed by atoms with Gasteiger partial charge in [0.25, 0.3) is 0 Å². The molecule has 3 heteroatoms. The van der Waals surface area contributed by atoms with Crippen molar-refractivity contribution in [2.45, 2.75) is 13.8 Å². The maximum atomic E-state index is 5.15. The van der Waals surface area contributed by atoms with Gasteiger partial charge in [-0.15, -0.1) is 0 Å². The zero-order valence-electron chi connectivity index (χ0n) is 9.30. The minimum atomic E-state index is 0.599. The third kappa shape index (κ3) is 6.99. The highest BCUT2D eigenvalue weighted by atomic mass is 16.5. The van der Waals surface area contributed by atoms with Crippen LogP contribution in [0.15, 0.2) is 0 Å². The molecule has 0 aromatic rings. The first kappa shape index (κ1) is 12.9. The van der Waals surface area contributed by atoms with Crippen molar-refractivity contribution in [2.75, 3.05) is 40.5 Å². The number of rotatable bonds is 8. The van der Waals surface area contributed by atoms with Crippen molar-refractivity contribution in [1.82, 2.24) is 5.32 Å². The summed E-state index contributed by atoms with van der Waals surface area (Å²) in [4.78, 5) is 0. The highest BCUT2D eigenvalue weighted by Gasteiger charge is 2.11. The predicted octanol–water partition coefficient (Wildman–Crippen LogP) is 1.14. The van der Waals surface area contributed by atoms with E-state index in [9.17, 15) is 0 Å². The maximum Gasteiger partial charge on any atom is 0.0587 e. The molecule has 1 N–H and O–H groups in total. The summed E-state index contributed by atoms with van der Waals surface area (Å²) in [6.07, 6.45) is 0. The number of methoxy groups -OCH3 is 2. The van der Waals surface area contributed by atoms with Crippen molar-refractivity contribution < 1.29 is 9.47 Å². The largest absolute Gasteiger partial charge is 0.384 e. The fraction of sp³-hybridized carbons (Fsp3) is 1.00. The van der Waals surface area contributed by atoms with Crippen molar-refractivity contribution in [3.05, 3.63) is 0 Å². The van der Waals surface area contributed by atoms with Crippen molar-refractivity contribution in [3.63, 3.8) is 0 Å². The normalized spacial score (nSPS) is 13.6. The van der Waals surface area contributed by atoms with Crippen LogP contribution in [-0.2, 0) is 9.47 Å². The lowest BCUT2D eigenvalue weighted by Gasteiger charge is -2.20. The molecule has 13 heavy (non-hydrogen) atoms. The molecule has 0 aromatic carbocycles. The van der Waals surface area contributed by atoms with Crippen LogP contribution >= 0.6 is 0 Å². The molecule has 0 bridgehead atoms. The monoisotopic (exact) mass is 189 g/mol. The van der Waals surface area contributed by atoms with E-state index in [1.165, 1.54) is 0 Å². The average molecular weight is 189 g/mol. The van der Waals surface area contributed by atoms with Gasteiger partial charge in [-0.1, -0.05) is 13.8 Å². The Hall–Kier alpha value is -0.120. The van der Waals surface area contributed by atoms with Crippen LogP contribution in [0.3, 0.4) is 0 Å². The summed E-state index contributed by atoms with van der Waals surface area (Å²) in [6, 6.07) is 0. The van der Waals surface area contributed by atoms with E-state index >= 15 is 0 Å². The Kier molecular flexibility index (Phi) is 8.40. The fourth-order valence-electron chi connectivity index (χ4n) is 1.16. The molecule has 0 aromatic heterocycles. The second-order valence-corrected chi connectivity index (χ2v) is 3.66. The molecule has 0 radical (unpaired) electrons. The van der Waals surface area contributed by atoms with Gasteiger partial charge >= 0.3 is 0 Å². The quantitative estimate of drug-likeness (QED) is 0.581. The van der Waals surface area contributed by atoms with Crippen molar-refractivity contribution in [1.29, 1.82) is 0 Å². The van der Waals surface area contributed by atoms with E-state index in [1.54, 1.807) is 14.2 Å². The first-order valence-electron chi connectivity index (χ1n) is 4.91. The van der Waals surface area contributed by atoms with E-state index < -0.39 is 0 Å². The van der Waals surface area contributed by atoms with Crippen molar-refractivity contribution in [3.8, 4) is 0 Å². The van der Waals surface area contributed by atoms with Gasteiger partial charge in [0.15, 0.2) is 0 Å². The zero-order valence-corrected chi connectivity index (χ0v) is 9.30. The second kappa shape index (κ2) is 8.48. The smallest absolute Gasteiger partial charge is 0.0587 e. The molecule has 0 rings (SSSR count). The molecular weight excluding hydrogens is 166 g/mol. The van der Waals surface area contributed by atoms with E-state index in [1.807, 2.05) is 0 Å². The molecule has 0 saturated heterocycles. The Balaban J connectivity index is 3.45. The minimum absolute atomic E-state index is 0.599. The molecule has 0 aliphatic rings. The summed E-state index contributed by atoms with van der Waals surface area (Å²) in [5.74, 6) is 1.26. The van der Waals surface area contributed by atoms with Crippen LogP contribution < -0.4 is 5.32 Å². The highest BCUT2D eigenvalue weighted by Crippen LogP contribution is 2.09. The van der Waals surface area contributed by atoms with Gasteiger partial charge in [0.2, 0.25) is 0 Å². The molecule has 0 amide bonds. The van der Waals surface area contributed by atoms with Gasteiger partial charge in [-0.05, 0) is 11.8 Å².